The van der Waals surface area contributed by atoms with Crippen LogP contribution in [0.5, 0.6) is 0 Å². The highest BCUT2D eigenvalue weighted by molar-refractivity contribution is 5.99. The lowest BCUT2D eigenvalue weighted by Gasteiger charge is -2.05. The van der Waals surface area contributed by atoms with Crippen molar-refractivity contribution in [1.29, 1.82) is 0 Å². The van der Waals surface area contributed by atoms with Crippen LogP contribution in [-0.2, 0) is 6.42 Å². The van der Waals surface area contributed by atoms with Gasteiger partial charge in [0.2, 0.25) is 0 Å². The van der Waals surface area contributed by atoms with Crippen molar-refractivity contribution in [1.82, 2.24) is 0 Å². The summed E-state index contributed by atoms with van der Waals surface area (Å²) in [5, 5.41) is 10.8. The molecule has 4 heteroatoms. The summed E-state index contributed by atoms with van der Waals surface area (Å²) < 4.78 is 0. The first-order valence-electron chi connectivity index (χ1n) is 6.31. The summed E-state index contributed by atoms with van der Waals surface area (Å²) >= 11 is 0. The minimum Gasteiger partial charge on any atom is -0.294 e. The number of aryl methyl sites for hydroxylation is 2. The van der Waals surface area contributed by atoms with Crippen LogP contribution in [0.2, 0.25) is 0 Å². The van der Waals surface area contributed by atoms with Gasteiger partial charge in [0.1, 0.15) is 0 Å². The first kappa shape index (κ1) is 13.9. The van der Waals surface area contributed by atoms with Crippen molar-refractivity contribution >= 4 is 11.5 Å². The van der Waals surface area contributed by atoms with Gasteiger partial charge in [-0.3, -0.25) is 14.9 Å². The highest BCUT2D eigenvalue weighted by Gasteiger charge is 2.14. The standard InChI is InChI=1S/C16H15NO3/c1-11-3-6-13(7-4-11)9-16(18)15-10-14(17(19)20)8-5-12(15)2/h3-8,10H,9H2,1-2H3. The van der Waals surface area contributed by atoms with Crippen LogP contribution < -0.4 is 0 Å². The smallest absolute Gasteiger partial charge is 0.270 e. The lowest BCUT2D eigenvalue weighted by Crippen LogP contribution is -2.06. The Kier molecular flexibility index (Phi) is 3.94. The second kappa shape index (κ2) is 5.65. The molecule has 2 rings (SSSR count). The van der Waals surface area contributed by atoms with Gasteiger partial charge in [-0.2, -0.15) is 0 Å². The third-order valence-electron chi connectivity index (χ3n) is 3.22. The van der Waals surface area contributed by atoms with Gasteiger partial charge in [-0.25, -0.2) is 0 Å². The van der Waals surface area contributed by atoms with Gasteiger partial charge in [-0.1, -0.05) is 35.9 Å². The van der Waals surface area contributed by atoms with Gasteiger partial charge >= 0.3 is 0 Å². The van der Waals surface area contributed by atoms with Gasteiger partial charge in [0, 0.05) is 24.1 Å². The zero-order valence-electron chi connectivity index (χ0n) is 11.4. The molecule has 0 heterocycles. The minimum atomic E-state index is -0.484. The Labute approximate surface area is 117 Å². The Hall–Kier alpha value is -2.49. The number of hydrogen-bond acceptors (Lipinski definition) is 3. The predicted octanol–water partition coefficient (Wildman–Crippen LogP) is 3.64. The maximum Gasteiger partial charge on any atom is 0.270 e. The number of nitro benzene ring substituents is 1. The molecule has 0 aromatic heterocycles. The van der Waals surface area contributed by atoms with Crippen molar-refractivity contribution in [3.05, 3.63) is 74.8 Å². The van der Waals surface area contributed by atoms with Crippen LogP contribution in [0.3, 0.4) is 0 Å². The van der Waals surface area contributed by atoms with E-state index in [2.05, 4.69) is 0 Å². The molecule has 0 aliphatic heterocycles. The number of benzene rings is 2. The number of hydrogen-bond donors (Lipinski definition) is 0. The molecule has 0 bridgehead atoms. The van der Waals surface area contributed by atoms with Crippen LogP contribution in [-0.4, -0.2) is 10.7 Å². The van der Waals surface area contributed by atoms with Crippen LogP contribution in [0.1, 0.15) is 27.0 Å². The molecule has 0 unspecified atom stereocenters. The van der Waals surface area contributed by atoms with Crippen molar-refractivity contribution < 1.29 is 9.72 Å². The van der Waals surface area contributed by atoms with Crippen molar-refractivity contribution in [2.24, 2.45) is 0 Å². The lowest BCUT2D eigenvalue weighted by molar-refractivity contribution is -0.384. The van der Waals surface area contributed by atoms with Crippen molar-refractivity contribution in [3.8, 4) is 0 Å². The molecule has 0 spiro atoms. The van der Waals surface area contributed by atoms with E-state index in [0.717, 1.165) is 16.7 Å². The SMILES string of the molecule is Cc1ccc(CC(=O)c2cc([N+](=O)[O-])ccc2C)cc1. The van der Waals surface area contributed by atoms with Crippen LogP contribution in [0.25, 0.3) is 0 Å². The number of nitro groups is 1. The van der Waals surface area contributed by atoms with Crippen LogP contribution in [0.15, 0.2) is 42.5 Å². The second-order valence-electron chi connectivity index (χ2n) is 4.84. The molecule has 0 fully saturated rings. The van der Waals surface area contributed by atoms with Gasteiger partial charge in [0.25, 0.3) is 5.69 Å². The van der Waals surface area contributed by atoms with Crippen LogP contribution >= 0.6 is 0 Å². The van der Waals surface area contributed by atoms with Crippen LogP contribution in [0, 0.1) is 24.0 Å². The molecule has 0 radical (unpaired) electrons. The first-order chi connectivity index (χ1) is 9.47. The van der Waals surface area contributed by atoms with Crippen molar-refractivity contribution in [2.75, 3.05) is 0 Å². The molecular formula is C16H15NO3. The number of carbonyl (C=O) groups is 1. The van der Waals surface area contributed by atoms with Crippen molar-refractivity contribution in [3.63, 3.8) is 0 Å². The summed E-state index contributed by atoms with van der Waals surface area (Å²) in [5.41, 5.74) is 3.16. The van der Waals surface area contributed by atoms with Gasteiger partial charge in [-0.05, 0) is 25.0 Å². The molecule has 0 saturated carbocycles. The molecule has 0 aliphatic carbocycles. The normalized spacial score (nSPS) is 10.3. The Bertz CT molecular complexity index is 660. The maximum absolute atomic E-state index is 12.3. The highest BCUT2D eigenvalue weighted by atomic mass is 16.6. The summed E-state index contributed by atoms with van der Waals surface area (Å²) in [6.45, 7) is 3.77. The largest absolute Gasteiger partial charge is 0.294 e. The van der Waals surface area contributed by atoms with Gasteiger partial charge in [0.05, 0.1) is 4.92 Å². The molecule has 20 heavy (non-hydrogen) atoms. The van der Waals surface area contributed by atoms with E-state index in [4.69, 9.17) is 0 Å². The topological polar surface area (TPSA) is 60.2 Å². The van der Waals surface area contributed by atoms with E-state index in [1.807, 2.05) is 31.2 Å². The molecule has 4 nitrogen and oxygen atoms in total. The number of Topliss-reactive ketones (excluding diaryl/α,β-unsaturated/α-hetero) is 1. The number of rotatable bonds is 4. The van der Waals surface area contributed by atoms with E-state index in [1.165, 1.54) is 12.1 Å². The molecular weight excluding hydrogens is 254 g/mol. The minimum absolute atomic E-state index is 0.0529. The van der Waals surface area contributed by atoms with E-state index in [0.29, 0.717) is 5.56 Å². The Balaban J connectivity index is 2.26. The third kappa shape index (κ3) is 3.09. The predicted molar refractivity (Wildman–Crippen MR) is 77.0 cm³/mol. The maximum atomic E-state index is 12.3. The van der Waals surface area contributed by atoms with Gasteiger partial charge < -0.3 is 0 Å². The molecule has 0 N–H and O–H groups in total. The fourth-order valence-electron chi connectivity index (χ4n) is 2.01. The molecule has 0 amide bonds. The fourth-order valence-corrected chi connectivity index (χ4v) is 2.01. The molecule has 102 valence electrons. The third-order valence-corrected chi connectivity index (χ3v) is 3.22. The zero-order chi connectivity index (χ0) is 14.7. The van der Waals surface area contributed by atoms with Gasteiger partial charge in [-0.15, -0.1) is 0 Å². The van der Waals surface area contributed by atoms with Crippen LogP contribution in [0.4, 0.5) is 5.69 Å². The van der Waals surface area contributed by atoms with E-state index >= 15 is 0 Å². The summed E-state index contributed by atoms with van der Waals surface area (Å²) in [7, 11) is 0. The molecule has 0 aliphatic rings. The summed E-state index contributed by atoms with van der Waals surface area (Å²) in [4.78, 5) is 22.6. The second-order valence-corrected chi connectivity index (χ2v) is 4.84. The van der Waals surface area contributed by atoms with E-state index in [-0.39, 0.29) is 17.9 Å². The number of carbonyl (C=O) groups excluding carboxylic acids is 1. The number of nitrogens with zero attached hydrogens (tertiary/aromatic N) is 1. The quantitative estimate of drug-likeness (QED) is 0.483. The van der Waals surface area contributed by atoms with Crippen molar-refractivity contribution in [2.45, 2.75) is 20.3 Å². The average molecular weight is 269 g/mol. The lowest BCUT2D eigenvalue weighted by atomic mass is 9.98. The van der Waals surface area contributed by atoms with E-state index < -0.39 is 4.92 Å². The first-order valence-corrected chi connectivity index (χ1v) is 6.31. The number of ketones is 1. The van der Waals surface area contributed by atoms with Gasteiger partial charge in [0.15, 0.2) is 5.78 Å². The molecule has 0 atom stereocenters. The summed E-state index contributed by atoms with van der Waals surface area (Å²) in [6.07, 6.45) is 0.252. The zero-order valence-corrected chi connectivity index (χ0v) is 11.4. The summed E-state index contributed by atoms with van der Waals surface area (Å²) in [6, 6.07) is 12.1. The average Bonchev–Trinajstić information content (AvgIpc) is 2.41. The monoisotopic (exact) mass is 269 g/mol. The Morgan fingerprint density at radius 2 is 1.75 bits per heavy atom. The Morgan fingerprint density at radius 3 is 2.35 bits per heavy atom. The fraction of sp³-hybridized carbons (Fsp3) is 0.188. The van der Waals surface area contributed by atoms with E-state index in [9.17, 15) is 14.9 Å². The summed E-state index contributed by atoms with van der Waals surface area (Å²) in [5.74, 6) is -0.102. The van der Waals surface area contributed by atoms with E-state index in [1.54, 1.807) is 13.0 Å². The molecule has 2 aromatic carbocycles. The molecule has 0 saturated heterocycles. The molecule has 2 aromatic rings. The number of non-ortho nitro benzene ring substituents is 1. The highest BCUT2D eigenvalue weighted by Crippen LogP contribution is 2.19. The Morgan fingerprint density at radius 1 is 1.10 bits per heavy atom.